The van der Waals surface area contributed by atoms with Gasteiger partial charge in [-0.2, -0.15) is 0 Å². The number of hydrogen-bond acceptors (Lipinski definition) is 3. The van der Waals surface area contributed by atoms with Gasteiger partial charge in [0.1, 0.15) is 6.10 Å². The SMILES string of the molecule is O=C(NCC1COC2(CCCCC2)O1)NC1CC=CC1. The summed E-state index contributed by atoms with van der Waals surface area (Å²) < 4.78 is 11.9. The van der Waals surface area contributed by atoms with Crippen molar-refractivity contribution < 1.29 is 14.3 Å². The Labute approximate surface area is 120 Å². The fourth-order valence-electron chi connectivity index (χ4n) is 3.25. The van der Waals surface area contributed by atoms with Gasteiger partial charge in [-0.1, -0.05) is 18.6 Å². The van der Waals surface area contributed by atoms with Crippen molar-refractivity contribution in [2.24, 2.45) is 0 Å². The number of urea groups is 1. The lowest BCUT2D eigenvalue weighted by molar-refractivity contribution is -0.186. The van der Waals surface area contributed by atoms with Crippen LogP contribution in [0.1, 0.15) is 44.9 Å². The molecular weight excluding hydrogens is 256 g/mol. The number of amides is 2. The Balaban J connectivity index is 1.37. The molecule has 1 spiro atoms. The van der Waals surface area contributed by atoms with E-state index >= 15 is 0 Å². The number of carbonyl (C=O) groups excluding carboxylic acids is 1. The van der Waals surface area contributed by atoms with Crippen LogP contribution in [0.5, 0.6) is 0 Å². The van der Waals surface area contributed by atoms with Crippen molar-refractivity contribution in [3.05, 3.63) is 12.2 Å². The molecule has 5 heteroatoms. The Hall–Kier alpha value is -1.07. The second-order valence-electron chi connectivity index (χ2n) is 6.02. The Morgan fingerprint density at radius 1 is 1.20 bits per heavy atom. The number of nitrogens with one attached hydrogen (secondary N) is 2. The Kier molecular flexibility index (Phi) is 4.27. The van der Waals surface area contributed by atoms with Crippen LogP contribution >= 0.6 is 0 Å². The fourth-order valence-corrected chi connectivity index (χ4v) is 3.25. The van der Waals surface area contributed by atoms with Crippen molar-refractivity contribution in [3.63, 3.8) is 0 Å². The van der Waals surface area contributed by atoms with Gasteiger partial charge in [0, 0.05) is 25.4 Å². The second-order valence-corrected chi connectivity index (χ2v) is 6.02. The molecule has 3 rings (SSSR count). The predicted octanol–water partition coefficient (Wildman–Crippen LogP) is 2.08. The molecule has 1 aliphatic heterocycles. The molecule has 1 saturated carbocycles. The minimum absolute atomic E-state index is 0.0134. The Bertz CT molecular complexity index is 369. The van der Waals surface area contributed by atoms with Crippen molar-refractivity contribution in [1.82, 2.24) is 10.6 Å². The minimum atomic E-state index is -0.351. The van der Waals surface area contributed by atoms with E-state index in [9.17, 15) is 4.79 Å². The quantitative estimate of drug-likeness (QED) is 0.778. The predicted molar refractivity (Wildman–Crippen MR) is 75.3 cm³/mol. The fraction of sp³-hybridized carbons (Fsp3) is 0.800. The summed E-state index contributed by atoms with van der Waals surface area (Å²) in [6.45, 7) is 1.11. The summed E-state index contributed by atoms with van der Waals surface area (Å²) in [7, 11) is 0. The zero-order valence-corrected chi connectivity index (χ0v) is 11.9. The maximum Gasteiger partial charge on any atom is 0.315 e. The average molecular weight is 280 g/mol. The van der Waals surface area contributed by atoms with Crippen LogP contribution in [0, 0.1) is 0 Å². The van der Waals surface area contributed by atoms with Crippen LogP contribution in [0.15, 0.2) is 12.2 Å². The Morgan fingerprint density at radius 2 is 1.95 bits per heavy atom. The Morgan fingerprint density at radius 3 is 2.70 bits per heavy atom. The summed E-state index contributed by atoms with van der Waals surface area (Å²) in [5.41, 5.74) is 0. The van der Waals surface area contributed by atoms with E-state index in [2.05, 4.69) is 22.8 Å². The van der Waals surface area contributed by atoms with E-state index in [0.29, 0.717) is 13.2 Å². The molecule has 0 aromatic rings. The third-order valence-electron chi connectivity index (χ3n) is 4.36. The number of carbonyl (C=O) groups is 1. The van der Waals surface area contributed by atoms with E-state index in [1.165, 1.54) is 19.3 Å². The lowest BCUT2D eigenvalue weighted by Crippen LogP contribution is -2.44. The summed E-state index contributed by atoms with van der Waals surface area (Å²) in [5.74, 6) is -0.351. The lowest BCUT2D eigenvalue weighted by Gasteiger charge is -2.31. The summed E-state index contributed by atoms with van der Waals surface area (Å²) in [6.07, 6.45) is 11.7. The topological polar surface area (TPSA) is 59.6 Å². The van der Waals surface area contributed by atoms with Gasteiger partial charge in [-0.05, 0) is 25.7 Å². The van der Waals surface area contributed by atoms with E-state index in [0.717, 1.165) is 25.7 Å². The molecule has 0 aromatic heterocycles. The molecule has 5 nitrogen and oxygen atoms in total. The minimum Gasteiger partial charge on any atom is -0.347 e. The van der Waals surface area contributed by atoms with Crippen LogP contribution in [0.4, 0.5) is 4.79 Å². The molecule has 0 aromatic carbocycles. The molecule has 2 amide bonds. The van der Waals surface area contributed by atoms with Crippen LogP contribution in [-0.2, 0) is 9.47 Å². The number of rotatable bonds is 3. The van der Waals surface area contributed by atoms with Crippen LogP contribution in [0.3, 0.4) is 0 Å². The first-order valence-corrected chi connectivity index (χ1v) is 7.77. The molecule has 2 aliphatic carbocycles. The molecular formula is C15H24N2O3. The van der Waals surface area contributed by atoms with Gasteiger partial charge in [0.15, 0.2) is 5.79 Å². The largest absolute Gasteiger partial charge is 0.347 e. The van der Waals surface area contributed by atoms with Gasteiger partial charge >= 0.3 is 6.03 Å². The first-order chi connectivity index (χ1) is 9.76. The van der Waals surface area contributed by atoms with Gasteiger partial charge < -0.3 is 20.1 Å². The maximum atomic E-state index is 11.8. The van der Waals surface area contributed by atoms with Gasteiger partial charge in [-0.25, -0.2) is 4.79 Å². The molecule has 3 aliphatic rings. The molecule has 1 saturated heterocycles. The molecule has 20 heavy (non-hydrogen) atoms. The first kappa shape index (κ1) is 13.9. The monoisotopic (exact) mass is 280 g/mol. The maximum absolute atomic E-state index is 11.8. The number of ether oxygens (including phenoxy) is 2. The highest BCUT2D eigenvalue weighted by Gasteiger charge is 2.42. The molecule has 2 N–H and O–H groups in total. The van der Waals surface area contributed by atoms with Gasteiger partial charge in [0.05, 0.1) is 6.61 Å². The highest BCUT2D eigenvalue weighted by molar-refractivity contribution is 5.74. The second kappa shape index (κ2) is 6.14. The standard InChI is InChI=1S/C15H24N2O3/c18-14(17-12-6-2-3-7-12)16-10-13-11-19-15(20-13)8-4-1-5-9-15/h2-3,12-13H,1,4-11H2,(H2,16,17,18). The van der Waals surface area contributed by atoms with E-state index in [4.69, 9.17) is 9.47 Å². The van der Waals surface area contributed by atoms with Gasteiger partial charge in [0.25, 0.3) is 0 Å². The van der Waals surface area contributed by atoms with Gasteiger partial charge in [-0.15, -0.1) is 0 Å². The average Bonchev–Trinajstić information content (AvgIpc) is 3.08. The third kappa shape index (κ3) is 3.33. The van der Waals surface area contributed by atoms with Crippen molar-refractivity contribution in [2.45, 2.75) is 62.9 Å². The third-order valence-corrected chi connectivity index (χ3v) is 4.36. The van der Waals surface area contributed by atoms with E-state index in [1.807, 2.05) is 0 Å². The number of hydrogen-bond donors (Lipinski definition) is 2. The van der Waals surface area contributed by atoms with Crippen LogP contribution < -0.4 is 10.6 Å². The van der Waals surface area contributed by atoms with Crippen LogP contribution in [0.2, 0.25) is 0 Å². The summed E-state index contributed by atoms with van der Waals surface area (Å²) in [4.78, 5) is 11.8. The van der Waals surface area contributed by atoms with Crippen LogP contribution in [0.25, 0.3) is 0 Å². The summed E-state index contributed by atoms with van der Waals surface area (Å²) in [6, 6.07) is 0.146. The van der Waals surface area contributed by atoms with E-state index in [-0.39, 0.29) is 24.0 Å². The van der Waals surface area contributed by atoms with Crippen molar-refractivity contribution in [2.75, 3.05) is 13.2 Å². The highest BCUT2D eigenvalue weighted by Crippen LogP contribution is 2.37. The molecule has 0 bridgehead atoms. The first-order valence-electron chi connectivity index (χ1n) is 7.77. The van der Waals surface area contributed by atoms with Crippen LogP contribution in [-0.4, -0.2) is 37.1 Å². The molecule has 2 fully saturated rings. The molecule has 1 unspecified atom stereocenters. The van der Waals surface area contributed by atoms with E-state index < -0.39 is 0 Å². The lowest BCUT2D eigenvalue weighted by atomic mass is 9.94. The van der Waals surface area contributed by atoms with E-state index in [1.54, 1.807) is 0 Å². The molecule has 0 radical (unpaired) electrons. The van der Waals surface area contributed by atoms with Gasteiger partial charge in [0.2, 0.25) is 0 Å². The van der Waals surface area contributed by atoms with Crippen molar-refractivity contribution >= 4 is 6.03 Å². The summed E-state index contributed by atoms with van der Waals surface area (Å²) >= 11 is 0. The normalized spacial score (nSPS) is 28.9. The summed E-state index contributed by atoms with van der Waals surface area (Å²) in [5, 5.41) is 5.86. The molecule has 1 heterocycles. The van der Waals surface area contributed by atoms with Crippen molar-refractivity contribution in [3.8, 4) is 0 Å². The highest BCUT2D eigenvalue weighted by atomic mass is 16.7. The molecule has 1 atom stereocenters. The zero-order chi connectivity index (χ0) is 13.8. The molecule has 112 valence electrons. The zero-order valence-electron chi connectivity index (χ0n) is 11.9. The smallest absolute Gasteiger partial charge is 0.315 e. The van der Waals surface area contributed by atoms with Gasteiger partial charge in [-0.3, -0.25) is 0 Å². The van der Waals surface area contributed by atoms with Crippen molar-refractivity contribution in [1.29, 1.82) is 0 Å².